The third-order valence-electron chi connectivity index (χ3n) is 0.347. The van der Waals surface area contributed by atoms with Crippen LogP contribution in [0, 0.1) is 0 Å². The van der Waals surface area contributed by atoms with Crippen LogP contribution in [0.2, 0.25) is 0 Å². The Morgan fingerprint density at radius 1 is 1.25 bits per heavy atom. The Bertz CT molecular complexity index is 71.0. The Balaban J connectivity index is -0.0000000833. The summed E-state index contributed by atoms with van der Waals surface area (Å²) in [6, 6.07) is 0. The van der Waals surface area contributed by atoms with E-state index in [-0.39, 0.29) is 33.4 Å². The summed E-state index contributed by atoms with van der Waals surface area (Å²) in [7, 11) is 0. The van der Waals surface area contributed by atoms with Gasteiger partial charge in [-0.3, -0.25) is 4.98 Å². The van der Waals surface area contributed by atoms with E-state index in [1.54, 1.807) is 23.0 Å². The second-order valence-electron chi connectivity index (χ2n) is 0.676. The number of hydrogen-bond donors (Lipinski definition) is 0. The molecule has 0 aromatic carbocycles. The standard InChI is InChI=1S/C3H3NS.2H2N.Pt/c1-2-5-3-4-1;;;/h1-3H;2*1H2;/q;2*-1;+4. The van der Waals surface area contributed by atoms with Crippen LogP contribution in [-0.4, -0.2) is 4.98 Å². The Hall–Kier alpha value is 0.238. The van der Waals surface area contributed by atoms with Gasteiger partial charge in [-0.2, -0.15) is 0 Å². The molecule has 1 aromatic heterocycles. The normalized spacial score (nSPS) is 5.00. The van der Waals surface area contributed by atoms with Gasteiger partial charge in [-0.05, 0) is 0 Å². The molecule has 8 heavy (non-hydrogen) atoms. The van der Waals surface area contributed by atoms with Gasteiger partial charge in [0, 0.05) is 11.6 Å². The Morgan fingerprint density at radius 3 is 2.00 bits per heavy atom. The van der Waals surface area contributed by atoms with Gasteiger partial charge >= 0.3 is 21.1 Å². The zero-order chi connectivity index (χ0) is 3.54. The molecule has 0 spiro atoms. The van der Waals surface area contributed by atoms with Gasteiger partial charge in [0.1, 0.15) is 0 Å². The molecule has 0 bridgehead atoms. The summed E-state index contributed by atoms with van der Waals surface area (Å²) in [6.45, 7) is 0. The summed E-state index contributed by atoms with van der Waals surface area (Å²) in [5, 5.41) is 1.93. The number of rotatable bonds is 0. The van der Waals surface area contributed by atoms with Gasteiger partial charge in [0.05, 0.1) is 5.51 Å². The van der Waals surface area contributed by atoms with E-state index in [0.717, 1.165) is 0 Å². The molecule has 0 fully saturated rings. The summed E-state index contributed by atoms with van der Waals surface area (Å²) >= 11 is 1.60. The minimum absolute atomic E-state index is 0. The van der Waals surface area contributed by atoms with Crippen LogP contribution in [0.25, 0.3) is 12.3 Å². The second kappa shape index (κ2) is 10.3. The number of nitrogens with zero attached hydrogens (tertiary/aromatic N) is 1. The topological polar surface area (TPSA) is 79.9 Å². The van der Waals surface area contributed by atoms with E-state index in [1.807, 2.05) is 5.38 Å². The van der Waals surface area contributed by atoms with Crippen LogP contribution in [0.5, 0.6) is 0 Å². The van der Waals surface area contributed by atoms with Crippen molar-refractivity contribution in [2.75, 3.05) is 0 Å². The Morgan fingerprint density at radius 2 is 1.88 bits per heavy atom. The van der Waals surface area contributed by atoms with E-state index in [4.69, 9.17) is 0 Å². The van der Waals surface area contributed by atoms with Crippen LogP contribution >= 0.6 is 11.3 Å². The predicted octanol–water partition coefficient (Wildman–Crippen LogP) is 2.57. The molecule has 48 valence electrons. The molecule has 0 aliphatic rings. The molecule has 0 saturated heterocycles. The minimum atomic E-state index is 0. The summed E-state index contributed by atoms with van der Waals surface area (Å²) in [5.41, 5.74) is 1.79. The van der Waals surface area contributed by atoms with E-state index in [1.165, 1.54) is 0 Å². The molecule has 0 saturated carbocycles. The van der Waals surface area contributed by atoms with Crippen molar-refractivity contribution in [2.24, 2.45) is 0 Å². The molecule has 0 atom stereocenters. The van der Waals surface area contributed by atoms with Crippen LogP contribution in [0.3, 0.4) is 0 Å². The van der Waals surface area contributed by atoms with Crippen molar-refractivity contribution in [1.82, 2.24) is 4.98 Å². The first kappa shape index (κ1) is 15.7. The summed E-state index contributed by atoms with van der Waals surface area (Å²) in [5.74, 6) is 0. The van der Waals surface area contributed by atoms with Crippen molar-refractivity contribution >= 4 is 11.3 Å². The maximum Gasteiger partial charge on any atom is 4.00 e. The first-order valence-electron chi connectivity index (χ1n) is 1.32. The van der Waals surface area contributed by atoms with Gasteiger partial charge in [-0.25, -0.2) is 0 Å². The van der Waals surface area contributed by atoms with Crippen molar-refractivity contribution in [2.45, 2.75) is 0 Å². The van der Waals surface area contributed by atoms with Gasteiger partial charge < -0.3 is 12.3 Å². The van der Waals surface area contributed by atoms with Crippen LogP contribution in [0.4, 0.5) is 0 Å². The summed E-state index contributed by atoms with van der Waals surface area (Å²) in [4.78, 5) is 3.74. The largest absolute Gasteiger partial charge is 4.00 e. The zero-order valence-electron chi connectivity index (χ0n) is 4.06. The van der Waals surface area contributed by atoms with Gasteiger partial charge in [0.15, 0.2) is 0 Å². The first-order chi connectivity index (χ1) is 2.50. The van der Waals surface area contributed by atoms with Crippen LogP contribution in [-0.2, 0) is 21.1 Å². The molecule has 3 nitrogen and oxygen atoms in total. The second-order valence-corrected chi connectivity index (χ2v) is 1.43. The molecule has 1 rings (SSSR count). The average molecular weight is 312 g/mol. The molecular weight excluding hydrogens is 305 g/mol. The SMILES string of the molecule is [NH2-].[NH2-].[Pt+4].c1cscn1. The van der Waals surface area contributed by atoms with Gasteiger partial charge in [-0.15, -0.1) is 11.3 Å². The number of thiazole rings is 1. The molecule has 1 heterocycles. The van der Waals surface area contributed by atoms with Crippen LogP contribution < -0.4 is 0 Å². The molecule has 5 heteroatoms. The van der Waals surface area contributed by atoms with Crippen molar-refractivity contribution in [3.05, 3.63) is 29.4 Å². The van der Waals surface area contributed by atoms with Crippen molar-refractivity contribution < 1.29 is 21.1 Å². The number of aromatic nitrogens is 1. The molecule has 0 aliphatic carbocycles. The molecule has 4 N–H and O–H groups in total. The smallest absolute Gasteiger partial charge is 0.693 e. The summed E-state index contributed by atoms with van der Waals surface area (Å²) < 4.78 is 0. The maximum absolute atomic E-state index is 3.74. The number of nitrogens with two attached hydrogens (primary N) is 2. The fourth-order valence-electron chi connectivity index (χ4n) is 0.176. The zero-order valence-corrected chi connectivity index (χ0v) is 7.15. The third-order valence-corrected chi connectivity index (χ3v) is 0.869. The van der Waals surface area contributed by atoms with Gasteiger partial charge in [-0.1, -0.05) is 0 Å². The molecule has 0 unspecified atom stereocenters. The van der Waals surface area contributed by atoms with E-state index in [9.17, 15) is 0 Å². The van der Waals surface area contributed by atoms with Crippen LogP contribution in [0.15, 0.2) is 17.1 Å². The van der Waals surface area contributed by atoms with E-state index in [2.05, 4.69) is 4.98 Å². The minimum Gasteiger partial charge on any atom is -0.693 e. The average Bonchev–Trinajstić information content (AvgIpc) is 1.76. The van der Waals surface area contributed by atoms with Crippen LogP contribution in [0.1, 0.15) is 0 Å². The first-order valence-corrected chi connectivity index (χ1v) is 2.26. The molecule has 1 aromatic rings. The fraction of sp³-hybridized carbons (Fsp3) is 0. The molecule has 0 radical (unpaired) electrons. The molecule has 0 amide bonds. The summed E-state index contributed by atoms with van der Waals surface area (Å²) in [6.07, 6.45) is 1.77. The van der Waals surface area contributed by atoms with E-state index in [0.29, 0.717) is 0 Å². The van der Waals surface area contributed by atoms with E-state index >= 15 is 0 Å². The van der Waals surface area contributed by atoms with Gasteiger partial charge in [0.2, 0.25) is 0 Å². The third kappa shape index (κ3) is 6.24. The maximum atomic E-state index is 3.74. The molecule has 0 aliphatic heterocycles. The quantitative estimate of drug-likeness (QED) is 0.725. The Kier molecular flexibility index (Phi) is 20.2. The van der Waals surface area contributed by atoms with Crippen molar-refractivity contribution in [1.29, 1.82) is 0 Å². The van der Waals surface area contributed by atoms with Crippen molar-refractivity contribution in [3.8, 4) is 0 Å². The number of hydrogen-bond acceptors (Lipinski definition) is 2. The fourth-order valence-corrected chi connectivity index (χ4v) is 0.527. The van der Waals surface area contributed by atoms with Gasteiger partial charge in [0.25, 0.3) is 0 Å². The predicted molar refractivity (Wildman–Crippen MR) is 32.7 cm³/mol. The monoisotopic (exact) mass is 312 g/mol. The Labute approximate surface area is 67.0 Å². The molecular formula is C3H7N3PtS+2. The van der Waals surface area contributed by atoms with E-state index < -0.39 is 0 Å². The van der Waals surface area contributed by atoms with Crippen molar-refractivity contribution in [3.63, 3.8) is 0 Å².